The first kappa shape index (κ1) is 91.6. The molecule has 584 valence electrons. The maximum atomic E-state index is 7.73. The summed E-state index contributed by atoms with van der Waals surface area (Å²) in [5.41, 5.74) is 2.80. The molecular formula is C75H146O9S12Si3. The van der Waals surface area contributed by atoms with E-state index in [1.54, 1.807) is 0 Å². The summed E-state index contributed by atoms with van der Waals surface area (Å²) in [5.74, 6) is 8.28. The van der Waals surface area contributed by atoms with E-state index in [9.17, 15) is 0 Å². The van der Waals surface area contributed by atoms with Crippen molar-refractivity contribution in [2.45, 2.75) is 305 Å². The van der Waals surface area contributed by atoms with Crippen LogP contribution >= 0.6 is 121 Å². The van der Waals surface area contributed by atoms with Crippen molar-refractivity contribution in [3.63, 3.8) is 0 Å². The van der Waals surface area contributed by atoms with Crippen LogP contribution in [0.4, 0.5) is 0 Å². The minimum Gasteiger partial charge on any atom is -0.373 e. The normalized spacial score (nSPS) is 29.4. The second-order valence-electron chi connectivity index (χ2n) is 30.1. The van der Waals surface area contributed by atoms with E-state index < -0.39 is 63.8 Å². The third kappa shape index (κ3) is 19.0. The Kier molecular flexibility index (Phi) is 40.4. The molecule has 6 fully saturated rings. The molecule has 0 aromatic heterocycles. The lowest BCUT2D eigenvalue weighted by Crippen LogP contribution is -2.70. The van der Waals surface area contributed by atoms with E-state index in [-0.39, 0.29) is 11.8 Å². The number of rotatable bonds is 55. The van der Waals surface area contributed by atoms with Gasteiger partial charge in [0.15, 0.2) is 0 Å². The molecule has 0 aliphatic heterocycles. The van der Waals surface area contributed by atoms with Crippen molar-refractivity contribution in [1.82, 2.24) is 0 Å². The molecule has 0 heterocycles. The van der Waals surface area contributed by atoms with Gasteiger partial charge in [0.25, 0.3) is 0 Å². The lowest BCUT2D eigenvalue weighted by molar-refractivity contribution is 0.0489. The van der Waals surface area contributed by atoms with E-state index in [2.05, 4.69) is 176 Å². The van der Waals surface area contributed by atoms with Gasteiger partial charge >= 0.3 is 26.4 Å². The molecule has 9 nitrogen and oxygen atoms in total. The summed E-state index contributed by atoms with van der Waals surface area (Å²) in [5, 5.41) is 0. The van der Waals surface area contributed by atoms with Gasteiger partial charge in [-0.15, -0.1) is 35.0 Å². The van der Waals surface area contributed by atoms with Crippen molar-refractivity contribution in [1.29, 1.82) is 0 Å². The van der Waals surface area contributed by atoms with Crippen molar-refractivity contribution in [3.05, 3.63) is 32.4 Å². The summed E-state index contributed by atoms with van der Waals surface area (Å²) in [6.45, 7) is 48.8. The zero-order chi connectivity index (χ0) is 72.8. The molecule has 0 radical (unpaired) electrons. The van der Waals surface area contributed by atoms with Crippen molar-refractivity contribution >= 4 is 148 Å². The van der Waals surface area contributed by atoms with E-state index >= 15 is 0 Å². The first-order valence-corrected chi connectivity index (χ1v) is 61.6. The quantitative estimate of drug-likeness (QED) is 0.0178. The molecule has 0 N–H and O–H groups in total. The third-order valence-electron chi connectivity index (χ3n) is 23.3. The molecule has 99 heavy (non-hydrogen) atoms. The Bertz CT molecular complexity index is 2350. The van der Waals surface area contributed by atoms with Crippen LogP contribution in [0.1, 0.15) is 292 Å². The maximum absolute atomic E-state index is 7.73. The van der Waals surface area contributed by atoms with Gasteiger partial charge in [0, 0.05) is 85.9 Å². The van der Waals surface area contributed by atoms with E-state index in [4.69, 9.17) is 74.8 Å². The average molecular weight is 1660 g/mol. The molecule has 0 amide bonds. The Hall–Kier alpha value is 3.71. The smallest absolute Gasteiger partial charge is 0.373 e. The summed E-state index contributed by atoms with van der Waals surface area (Å²) in [6, 6.07) is 0. The molecule has 15 atom stereocenters. The second-order valence-corrected chi connectivity index (χ2v) is 67.8. The Morgan fingerprint density at radius 3 is 0.970 bits per heavy atom. The Morgan fingerprint density at radius 2 is 0.697 bits per heavy atom. The van der Waals surface area contributed by atoms with Gasteiger partial charge in [-0.2, -0.15) is 0 Å². The van der Waals surface area contributed by atoms with Crippen LogP contribution in [-0.2, 0) is 39.8 Å². The number of unbranched alkanes of at least 4 members (excludes halogenated alkanes) is 1. The first-order chi connectivity index (χ1) is 47.6. The van der Waals surface area contributed by atoms with Crippen LogP contribution < -0.4 is 0 Å². The Morgan fingerprint density at radius 1 is 0.404 bits per heavy atom. The van der Waals surface area contributed by atoms with Crippen molar-refractivity contribution in [3.8, 4) is 0 Å². The van der Waals surface area contributed by atoms with E-state index in [1.807, 2.05) is 29.5 Å². The number of fused-ring (bicyclic) bond motifs is 6. The summed E-state index contributed by atoms with van der Waals surface area (Å²) in [4.78, 5) is 1.41. The monoisotopic (exact) mass is 1660 g/mol. The fourth-order valence-electron chi connectivity index (χ4n) is 19.7. The molecule has 24 heteroatoms. The molecule has 6 aliphatic rings. The highest BCUT2D eigenvalue weighted by Gasteiger charge is 2.83. The van der Waals surface area contributed by atoms with Gasteiger partial charge in [0.05, 0.1) is 13.1 Å². The molecule has 0 spiro atoms. The highest BCUT2D eigenvalue weighted by Crippen LogP contribution is 3.03. The lowest BCUT2D eigenvalue weighted by Gasteiger charge is -2.68. The SMILES string of the molecule is CCO[Si](OCC)(OCC)C1(S(SS)(SCC)C(=CC=C(C)CCCC(C)CCCCC(C)CCCC(C)CCCC(C)C)C(C)=C(S(SS)(SCC)C2([Si](OCC)(OCC)OCC)CC3CCC2C3)S(SS)(SCC)C2([Si](OCC)(OCC)OCC)CC3CCC2C3)CC2CCC1C2. The fraction of sp³-hybridized carbons (Fsp3) is 0.920. The molecule has 0 aromatic rings. The molecule has 6 aliphatic carbocycles. The Balaban J connectivity index is 1.75. The number of allylic oxidation sites excluding steroid dienone is 4. The summed E-state index contributed by atoms with van der Waals surface area (Å²) in [7, 11) is -6.22. The van der Waals surface area contributed by atoms with Gasteiger partial charge < -0.3 is 39.8 Å². The van der Waals surface area contributed by atoms with Crippen LogP contribution in [0.5, 0.6) is 0 Å². The number of thiol groups is 3. The second kappa shape index (κ2) is 43.7. The molecular weight excluding hydrogens is 1510 g/mol. The number of hydrogen-bond donors (Lipinski definition) is 3. The van der Waals surface area contributed by atoms with Crippen molar-refractivity contribution < 1.29 is 39.8 Å². The zero-order valence-electron chi connectivity index (χ0n) is 65.8. The summed E-state index contributed by atoms with van der Waals surface area (Å²) in [6.07, 6.45) is 35.8. The van der Waals surface area contributed by atoms with Crippen molar-refractivity contribution in [2.75, 3.05) is 76.7 Å². The van der Waals surface area contributed by atoms with Crippen LogP contribution in [-0.4, -0.2) is 116 Å². The van der Waals surface area contributed by atoms with Gasteiger partial charge in [-0.25, -0.2) is 0 Å². The minimum atomic E-state index is -3.77. The molecule has 0 saturated heterocycles. The Labute approximate surface area is 654 Å². The predicted molar refractivity (Wildman–Crippen MR) is 470 cm³/mol. The van der Waals surface area contributed by atoms with Crippen LogP contribution in [0, 0.1) is 59.2 Å². The summed E-state index contributed by atoms with van der Waals surface area (Å²) < 4.78 is 69.2. The van der Waals surface area contributed by atoms with Gasteiger partial charge in [0.2, 0.25) is 0 Å². The fourth-order valence-corrected chi connectivity index (χ4v) is 93.0. The molecule has 0 aromatic carbocycles. The van der Waals surface area contributed by atoms with E-state index in [0.29, 0.717) is 89.1 Å². The topological polar surface area (TPSA) is 83.1 Å². The third-order valence-corrected chi connectivity index (χ3v) is 82.6. The maximum Gasteiger partial charge on any atom is 0.518 e. The molecule has 6 bridgehead atoms. The number of hydrogen-bond acceptors (Lipinski definition) is 18. The molecule has 6 saturated carbocycles. The van der Waals surface area contributed by atoms with Gasteiger partial charge in [0.1, 0.15) is 0 Å². The van der Waals surface area contributed by atoms with Gasteiger partial charge in [-0.05, 0) is 247 Å². The van der Waals surface area contributed by atoms with Gasteiger partial charge in [-0.1, -0.05) is 214 Å². The van der Waals surface area contributed by atoms with E-state index in [0.717, 1.165) is 99.2 Å². The standard InChI is InChI=1S/C75H146O9S12Si3/c1-20-76-97(77-21-2,78-22-3)73(56-65-46-49-68(73)53-65)94(91-85,88-29-10)71(52-45-63(18)44-36-42-61(16)39-33-32-38-60(15)41-35-43-62(17)40-34-37-59(13)14)64(19)72(95(92-86,89-30-11)74(57-66-47-50-69(74)54-66)98(79-23-4,80-24-5)81-25-6)96(93-87,90-31-12)75(58-67-48-51-70(75)55-67)99(82-26-7,83-27-8)84-28-9/h45,52,59-62,65-70,85-87H,20-44,46-51,53-58H2,1-19H3. The van der Waals surface area contributed by atoms with Crippen LogP contribution in [0.15, 0.2) is 32.4 Å². The predicted octanol–water partition coefficient (Wildman–Crippen LogP) is 27.0. The van der Waals surface area contributed by atoms with Crippen LogP contribution in [0.2, 0.25) is 0 Å². The highest BCUT2D eigenvalue weighted by atomic mass is 33.8. The molecule has 6 rings (SSSR count). The average Bonchev–Trinajstić information content (AvgIpc) is 1.63. The first-order valence-electron chi connectivity index (χ1n) is 39.9. The van der Waals surface area contributed by atoms with Gasteiger partial charge in [-0.3, -0.25) is 0 Å². The zero-order valence-corrected chi connectivity index (χ0v) is 78.8. The van der Waals surface area contributed by atoms with Crippen molar-refractivity contribution in [2.24, 2.45) is 59.2 Å². The minimum absolute atomic E-state index is 0.286. The van der Waals surface area contributed by atoms with E-state index in [1.165, 1.54) is 117 Å². The lowest BCUT2D eigenvalue weighted by atomic mass is 9.91. The summed E-state index contributed by atoms with van der Waals surface area (Å²) >= 11 is 18.2. The van der Waals surface area contributed by atoms with Crippen LogP contribution in [0.3, 0.4) is 0 Å². The van der Waals surface area contributed by atoms with Crippen LogP contribution in [0.25, 0.3) is 0 Å². The highest BCUT2D eigenvalue weighted by molar-refractivity contribution is 9.45. The molecule has 15 unspecified atom stereocenters. The largest absolute Gasteiger partial charge is 0.518 e.